The van der Waals surface area contributed by atoms with Crippen LogP contribution in [-0.4, -0.2) is 5.78 Å². The van der Waals surface area contributed by atoms with E-state index in [4.69, 9.17) is 0 Å². The van der Waals surface area contributed by atoms with Crippen LogP contribution in [0.15, 0.2) is 23.8 Å². The first-order valence-electron chi connectivity index (χ1n) is 4.39. The van der Waals surface area contributed by atoms with Crippen molar-refractivity contribution in [1.82, 2.24) is 0 Å². The Bertz CT molecular complexity index is 248. The molecular formula is C11H16O. The van der Waals surface area contributed by atoms with E-state index < -0.39 is 0 Å². The lowest BCUT2D eigenvalue weighted by Crippen LogP contribution is -2.21. The second-order valence-corrected chi connectivity index (χ2v) is 3.79. The first kappa shape index (κ1) is 9.24. The van der Waals surface area contributed by atoms with Crippen molar-refractivity contribution in [2.24, 2.45) is 11.8 Å². The second-order valence-electron chi connectivity index (χ2n) is 3.79. The highest BCUT2D eigenvalue weighted by Crippen LogP contribution is 2.30. The molecule has 0 aromatic heterocycles. The van der Waals surface area contributed by atoms with Gasteiger partial charge in [-0.3, -0.25) is 4.79 Å². The van der Waals surface area contributed by atoms with Crippen molar-refractivity contribution in [2.75, 3.05) is 0 Å². The van der Waals surface area contributed by atoms with E-state index in [1.54, 1.807) is 0 Å². The number of ketones is 1. The van der Waals surface area contributed by atoms with E-state index in [2.05, 4.69) is 19.6 Å². The highest BCUT2D eigenvalue weighted by Gasteiger charge is 2.25. The molecule has 0 aliphatic heterocycles. The summed E-state index contributed by atoms with van der Waals surface area (Å²) >= 11 is 0. The van der Waals surface area contributed by atoms with Crippen molar-refractivity contribution < 1.29 is 4.79 Å². The van der Waals surface area contributed by atoms with Crippen LogP contribution in [0.1, 0.15) is 27.2 Å². The van der Waals surface area contributed by atoms with Gasteiger partial charge in [0, 0.05) is 6.42 Å². The first-order valence-corrected chi connectivity index (χ1v) is 4.39. The molecule has 0 N–H and O–H groups in total. The predicted octanol–water partition coefficient (Wildman–Crippen LogP) is 2.73. The van der Waals surface area contributed by atoms with Gasteiger partial charge in [0.15, 0.2) is 5.78 Å². The largest absolute Gasteiger partial charge is 0.295 e. The van der Waals surface area contributed by atoms with Crippen LogP contribution in [0.5, 0.6) is 0 Å². The fourth-order valence-corrected chi connectivity index (χ4v) is 1.77. The molecule has 66 valence electrons. The normalized spacial score (nSPS) is 29.9. The van der Waals surface area contributed by atoms with Gasteiger partial charge in [0.2, 0.25) is 0 Å². The van der Waals surface area contributed by atoms with Gasteiger partial charge in [0.05, 0.1) is 0 Å². The lowest BCUT2D eigenvalue weighted by molar-refractivity contribution is -0.116. The standard InChI is InChI=1S/C11H16O/c1-7(2)10-6-11(12)9(4)5-8(10)3/h5,8,10H,1,6H2,2-4H3. The van der Waals surface area contributed by atoms with Crippen LogP contribution < -0.4 is 0 Å². The van der Waals surface area contributed by atoms with E-state index in [1.807, 2.05) is 13.8 Å². The predicted molar refractivity (Wildman–Crippen MR) is 50.8 cm³/mol. The summed E-state index contributed by atoms with van der Waals surface area (Å²) in [5, 5.41) is 0. The Balaban J connectivity index is 2.86. The molecular weight excluding hydrogens is 148 g/mol. The minimum Gasteiger partial charge on any atom is -0.295 e. The van der Waals surface area contributed by atoms with E-state index in [0.29, 0.717) is 18.3 Å². The Morgan fingerprint density at radius 1 is 1.67 bits per heavy atom. The number of hydrogen-bond acceptors (Lipinski definition) is 1. The minimum atomic E-state index is 0.279. The Morgan fingerprint density at radius 2 is 2.25 bits per heavy atom. The van der Waals surface area contributed by atoms with Crippen molar-refractivity contribution >= 4 is 5.78 Å². The van der Waals surface area contributed by atoms with Crippen molar-refractivity contribution in [2.45, 2.75) is 27.2 Å². The van der Waals surface area contributed by atoms with Gasteiger partial charge in [-0.25, -0.2) is 0 Å². The number of carbonyl (C=O) groups is 1. The number of rotatable bonds is 1. The summed E-state index contributed by atoms with van der Waals surface area (Å²) in [6.45, 7) is 9.95. The topological polar surface area (TPSA) is 17.1 Å². The maximum Gasteiger partial charge on any atom is 0.158 e. The van der Waals surface area contributed by atoms with Gasteiger partial charge in [-0.1, -0.05) is 25.2 Å². The van der Waals surface area contributed by atoms with Crippen LogP contribution in [0.4, 0.5) is 0 Å². The number of allylic oxidation sites excluding steroid dienone is 3. The third-order valence-electron chi connectivity index (χ3n) is 2.63. The molecule has 1 rings (SSSR count). The molecule has 0 saturated carbocycles. The quantitative estimate of drug-likeness (QED) is 0.544. The van der Waals surface area contributed by atoms with Crippen LogP contribution in [0, 0.1) is 11.8 Å². The van der Waals surface area contributed by atoms with E-state index in [-0.39, 0.29) is 5.78 Å². The fourth-order valence-electron chi connectivity index (χ4n) is 1.77. The van der Waals surface area contributed by atoms with Gasteiger partial charge >= 0.3 is 0 Å². The van der Waals surface area contributed by atoms with Gasteiger partial charge in [0.1, 0.15) is 0 Å². The molecule has 2 unspecified atom stereocenters. The van der Waals surface area contributed by atoms with Crippen LogP contribution >= 0.6 is 0 Å². The molecule has 12 heavy (non-hydrogen) atoms. The van der Waals surface area contributed by atoms with Crippen molar-refractivity contribution in [3.63, 3.8) is 0 Å². The van der Waals surface area contributed by atoms with E-state index in [0.717, 1.165) is 11.1 Å². The Morgan fingerprint density at radius 3 is 2.75 bits per heavy atom. The summed E-state index contributed by atoms with van der Waals surface area (Å²) in [7, 11) is 0. The van der Waals surface area contributed by atoms with Crippen molar-refractivity contribution in [3.8, 4) is 0 Å². The van der Waals surface area contributed by atoms with Crippen molar-refractivity contribution in [3.05, 3.63) is 23.8 Å². The SMILES string of the molecule is C=C(C)C1CC(=O)C(C)=CC1C. The highest BCUT2D eigenvalue weighted by molar-refractivity contribution is 5.96. The van der Waals surface area contributed by atoms with Crippen LogP contribution in [0.25, 0.3) is 0 Å². The highest BCUT2D eigenvalue weighted by atomic mass is 16.1. The lowest BCUT2D eigenvalue weighted by atomic mass is 9.78. The number of Topliss-reactive ketones (excluding diaryl/α,β-unsaturated/α-hetero) is 1. The molecule has 1 aliphatic carbocycles. The molecule has 1 nitrogen and oxygen atoms in total. The van der Waals surface area contributed by atoms with Crippen LogP contribution in [0.3, 0.4) is 0 Å². The van der Waals surface area contributed by atoms with E-state index >= 15 is 0 Å². The molecule has 1 aliphatic rings. The molecule has 0 spiro atoms. The Labute approximate surface area is 74.2 Å². The van der Waals surface area contributed by atoms with Gasteiger partial charge in [-0.05, 0) is 31.3 Å². The van der Waals surface area contributed by atoms with Gasteiger partial charge in [-0.2, -0.15) is 0 Å². The third-order valence-corrected chi connectivity index (χ3v) is 2.63. The zero-order valence-corrected chi connectivity index (χ0v) is 8.05. The lowest BCUT2D eigenvalue weighted by Gasteiger charge is -2.26. The van der Waals surface area contributed by atoms with E-state index in [1.165, 1.54) is 0 Å². The average molecular weight is 164 g/mol. The zero-order chi connectivity index (χ0) is 9.30. The van der Waals surface area contributed by atoms with Crippen molar-refractivity contribution in [1.29, 1.82) is 0 Å². The second kappa shape index (κ2) is 3.26. The van der Waals surface area contributed by atoms with E-state index in [9.17, 15) is 4.79 Å². The summed E-state index contributed by atoms with van der Waals surface area (Å²) in [5.74, 6) is 1.11. The number of hydrogen-bond donors (Lipinski definition) is 0. The minimum absolute atomic E-state index is 0.279. The van der Waals surface area contributed by atoms with Gasteiger partial charge in [-0.15, -0.1) is 0 Å². The summed E-state index contributed by atoms with van der Waals surface area (Å²) in [6.07, 6.45) is 2.71. The van der Waals surface area contributed by atoms with Gasteiger partial charge in [0.25, 0.3) is 0 Å². The fraction of sp³-hybridized carbons (Fsp3) is 0.545. The maximum absolute atomic E-state index is 11.3. The molecule has 1 heteroatoms. The molecule has 0 radical (unpaired) electrons. The van der Waals surface area contributed by atoms with Crippen LogP contribution in [-0.2, 0) is 4.79 Å². The molecule has 0 fully saturated rings. The molecule has 0 aromatic carbocycles. The zero-order valence-electron chi connectivity index (χ0n) is 8.05. The summed E-state index contributed by atoms with van der Waals surface area (Å²) < 4.78 is 0. The maximum atomic E-state index is 11.3. The average Bonchev–Trinajstić information content (AvgIpc) is 1.96. The molecule has 0 bridgehead atoms. The smallest absolute Gasteiger partial charge is 0.158 e. The molecule has 0 amide bonds. The van der Waals surface area contributed by atoms with Gasteiger partial charge < -0.3 is 0 Å². The first-order chi connectivity index (χ1) is 5.52. The molecule has 0 saturated heterocycles. The molecule has 2 atom stereocenters. The summed E-state index contributed by atoms with van der Waals surface area (Å²) in [6, 6.07) is 0. The molecule has 0 heterocycles. The summed E-state index contributed by atoms with van der Waals surface area (Å²) in [4.78, 5) is 11.3. The Hall–Kier alpha value is -0.850. The number of carbonyl (C=O) groups excluding carboxylic acids is 1. The Kier molecular flexibility index (Phi) is 2.51. The van der Waals surface area contributed by atoms with Crippen LogP contribution in [0.2, 0.25) is 0 Å². The molecule has 0 aromatic rings. The monoisotopic (exact) mass is 164 g/mol. The summed E-state index contributed by atoms with van der Waals surface area (Å²) in [5.41, 5.74) is 2.04. The third kappa shape index (κ3) is 1.66.